The van der Waals surface area contributed by atoms with E-state index in [1.807, 2.05) is 0 Å². The zero-order chi connectivity index (χ0) is 20.7. The van der Waals surface area contributed by atoms with Gasteiger partial charge in [0.05, 0.1) is 0 Å². The van der Waals surface area contributed by atoms with Gasteiger partial charge in [-0.15, -0.1) is 6.04 Å². The maximum absolute atomic E-state index is 14.5. The first-order chi connectivity index (χ1) is 12.9. The van der Waals surface area contributed by atoms with Crippen molar-refractivity contribution in [1.29, 1.82) is 0 Å². The molecule has 2 aromatic rings. The van der Waals surface area contributed by atoms with Crippen molar-refractivity contribution in [3.8, 4) is 0 Å². The first kappa shape index (κ1) is 21.1. The minimum atomic E-state index is -4.98. The maximum Gasteiger partial charge on any atom is 0.326 e. The van der Waals surface area contributed by atoms with Crippen LogP contribution in [0.5, 0.6) is 0 Å². The maximum atomic E-state index is 14.5. The molecule has 1 aliphatic carbocycles. The first-order valence-electron chi connectivity index (χ1n) is 8.46. The van der Waals surface area contributed by atoms with Crippen molar-refractivity contribution in [2.24, 2.45) is 0 Å². The van der Waals surface area contributed by atoms with Crippen LogP contribution in [0, 0.1) is 11.6 Å². The Kier molecular flexibility index (Phi) is 5.51. The lowest BCUT2D eigenvalue weighted by Gasteiger charge is -2.55. The van der Waals surface area contributed by atoms with E-state index in [0.717, 1.165) is 23.8 Å². The minimum absolute atomic E-state index is 0.00527. The van der Waals surface area contributed by atoms with Gasteiger partial charge in [-0.1, -0.05) is 36.6 Å². The van der Waals surface area contributed by atoms with Gasteiger partial charge in [0, 0.05) is 11.9 Å². The highest BCUT2D eigenvalue weighted by Crippen LogP contribution is 2.51. The summed E-state index contributed by atoms with van der Waals surface area (Å²) in [6.45, 7) is 0.262. The van der Waals surface area contributed by atoms with Crippen LogP contribution in [0.3, 0.4) is 0 Å². The lowest BCUT2D eigenvalue weighted by atomic mass is 9.59. The second kappa shape index (κ2) is 7.31. The minimum Gasteiger partial charge on any atom is -0.541 e. The van der Waals surface area contributed by atoms with Crippen LogP contribution in [-0.2, 0) is 21.9 Å². The molecule has 0 bridgehead atoms. The molecule has 28 heavy (non-hydrogen) atoms. The molecular formula is C19H17ClF4NO2S-. The average Bonchev–Trinajstić information content (AvgIpc) is 2.55. The van der Waals surface area contributed by atoms with E-state index in [0.29, 0.717) is 5.02 Å². The molecule has 0 heterocycles. The van der Waals surface area contributed by atoms with Gasteiger partial charge in [-0.3, -0.25) is 0 Å². The van der Waals surface area contributed by atoms with Crippen molar-refractivity contribution in [3.63, 3.8) is 0 Å². The van der Waals surface area contributed by atoms with Crippen molar-refractivity contribution in [2.75, 3.05) is 0 Å². The standard InChI is InChI=1S/C19H17ClF4NO2S/c1-18(23,24)28(26,27)25-15-10-19(11-15,9-12-2-4-13(20)5-3-12)16-8-14(21)6-7-17(16)22/h2-8,15H,9-11H2,1H3/q-1. The van der Waals surface area contributed by atoms with Crippen LogP contribution in [0.15, 0.2) is 42.5 Å². The third-order valence-electron chi connectivity index (χ3n) is 4.95. The number of benzene rings is 2. The lowest BCUT2D eigenvalue weighted by molar-refractivity contribution is 0.114. The van der Waals surface area contributed by atoms with Gasteiger partial charge in [-0.2, -0.15) is 8.78 Å². The second-order valence-electron chi connectivity index (χ2n) is 7.16. The molecule has 3 rings (SSSR count). The van der Waals surface area contributed by atoms with Gasteiger partial charge in [-0.25, -0.2) is 17.2 Å². The van der Waals surface area contributed by atoms with E-state index in [1.54, 1.807) is 24.3 Å². The number of rotatable bonds is 6. The smallest absolute Gasteiger partial charge is 0.326 e. The molecule has 0 N–H and O–H groups in total. The van der Waals surface area contributed by atoms with E-state index in [4.69, 9.17) is 11.6 Å². The largest absolute Gasteiger partial charge is 0.541 e. The number of alkyl halides is 2. The molecule has 0 aliphatic heterocycles. The van der Waals surface area contributed by atoms with E-state index < -0.39 is 38.4 Å². The summed E-state index contributed by atoms with van der Waals surface area (Å²) in [4.78, 5) is 0. The summed E-state index contributed by atoms with van der Waals surface area (Å²) >= 11 is 5.87. The van der Waals surface area contributed by atoms with Crippen LogP contribution in [0.25, 0.3) is 4.72 Å². The number of sulfonamides is 1. The fourth-order valence-corrected chi connectivity index (χ4v) is 4.41. The van der Waals surface area contributed by atoms with Crippen molar-refractivity contribution < 1.29 is 26.0 Å². The molecule has 9 heteroatoms. The van der Waals surface area contributed by atoms with Gasteiger partial charge in [0.15, 0.2) is 0 Å². The monoisotopic (exact) mass is 434 g/mol. The van der Waals surface area contributed by atoms with Crippen LogP contribution >= 0.6 is 11.6 Å². The highest BCUT2D eigenvalue weighted by atomic mass is 35.5. The van der Waals surface area contributed by atoms with E-state index in [1.165, 1.54) is 0 Å². The topological polar surface area (TPSA) is 48.2 Å². The summed E-state index contributed by atoms with van der Waals surface area (Å²) in [6.07, 6.45) is 0.274. The second-order valence-corrected chi connectivity index (χ2v) is 9.47. The number of nitrogens with zero attached hydrogens (tertiary/aromatic N) is 1. The van der Waals surface area contributed by atoms with Gasteiger partial charge in [0.1, 0.15) is 21.7 Å². The Morgan fingerprint density at radius 3 is 2.32 bits per heavy atom. The highest BCUT2D eigenvalue weighted by molar-refractivity contribution is 7.94. The quantitative estimate of drug-likeness (QED) is 0.557. The summed E-state index contributed by atoms with van der Waals surface area (Å²) in [7, 11) is -4.98. The molecule has 1 aliphatic rings. The summed E-state index contributed by atoms with van der Waals surface area (Å²) in [5, 5.41) is -3.49. The lowest BCUT2D eigenvalue weighted by Crippen LogP contribution is -2.48. The Morgan fingerprint density at radius 2 is 1.75 bits per heavy atom. The number of halogens is 5. The van der Waals surface area contributed by atoms with Gasteiger partial charge in [0.25, 0.3) is 0 Å². The van der Waals surface area contributed by atoms with Crippen LogP contribution in [0.4, 0.5) is 17.6 Å². The predicted octanol–water partition coefficient (Wildman–Crippen LogP) is 5.58. The molecule has 2 aromatic carbocycles. The van der Waals surface area contributed by atoms with Crippen LogP contribution in [-0.4, -0.2) is 19.7 Å². The molecule has 0 saturated heterocycles. The van der Waals surface area contributed by atoms with E-state index in [9.17, 15) is 26.0 Å². The Morgan fingerprint density at radius 1 is 1.14 bits per heavy atom. The molecule has 1 fully saturated rings. The molecule has 3 nitrogen and oxygen atoms in total. The zero-order valence-electron chi connectivity index (χ0n) is 14.8. The third kappa shape index (κ3) is 4.18. The van der Waals surface area contributed by atoms with Crippen molar-refractivity contribution >= 4 is 21.6 Å². The summed E-state index contributed by atoms with van der Waals surface area (Å²) in [5.41, 5.74) is -0.100. The summed E-state index contributed by atoms with van der Waals surface area (Å²) in [6, 6.07) is 8.86. The predicted molar refractivity (Wildman–Crippen MR) is 99.1 cm³/mol. The Hall–Kier alpha value is -1.64. The SMILES string of the molecule is CC(F)(F)S(=O)(=O)[N-]C1CC(Cc2ccc(Cl)cc2)(c2cc(F)ccc2F)C1. The summed E-state index contributed by atoms with van der Waals surface area (Å²) < 4.78 is 81.3. The molecule has 0 aromatic heterocycles. The average molecular weight is 435 g/mol. The molecule has 0 radical (unpaired) electrons. The highest BCUT2D eigenvalue weighted by Gasteiger charge is 2.45. The number of hydrogen-bond donors (Lipinski definition) is 0. The van der Waals surface area contributed by atoms with Gasteiger partial charge in [-0.05, 0) is 53.3 Å². The first-order valence-corrected chi connectivity index (χ1v) is 10.3. The summed E-state index contributed by atoms with van der Waals surface area (Å²) in [5.74, 6) is -1.28. The molecular weight excluding hydrogens is 418 g/mol. The molecule has 152 valence electrons. The van der Waals surface area contributed by atoms with E-state index >= 15 is 0 Å². The molecule has 0 atom stereocenters. The van der Waals surface area contributed by atoms with Crippen molar-refractivity contribution in [3.05, 3.63) is 75.0 Å². The van der Waals surface area contributed by atoms with E-state index in [2.05, 4.69) is 4.72 Å². The fraction of sp³-hybridized carbons (Fsp3) is 0.368. The van der Waals surface area contributed by atoms with Crippen molar-refractivity contribution in [2.45, 2.75) is 42.9 Å². The third-order valence-corrected chi connectivity index (χ3v) is 6.68. The van der Waals surface area contributed by atoms with Gasteiger partial charge >= 0.3 is 5.25 Å². The van der Waals surface area contributed by atoms with E-state index in [-0.39, 0.29) is 31.7 Å². The molecule has 1 saturated carbocycles. The van der Waals surface area contributed by atoms with Crippen molar-refractivity contribution in [1.82, 2.24) is 0 Å². The Labute approximate surface area is 165 Å². The molecule has 0 spiro atoms. The van der Waals surface area contributed by atoms with Gasteiger partial charge in [0.2, 0.25) is 0 Å². The fourth-order valence-electron chi connectivity index (χ4n) is 3.56. The normalized spacial score (nSPS) is 22.7. The molecule has 0 amide bonds. The Balaban J connectivity index is 1.90. The molecule has 0 unspecified atom stereocenters. The van der Waals surface area contributed by atoms with Crippen LogP contribution in [0.2, 0.25) is 5.02 Å². The Bertz CT molecular complexity index is 968. The van der Waals surface area contributed by atoms with Gasteiger partial charge < -0.3 is 4.72 Å². The van der Waals surface area contributed by atoms with Crippen LogP contribution in [0.1, 0.15) is 30.9 Å². The van der Waals surface area contributed by atoms with Crippen LogP contribution < -0.4 is 0 Å². The number of hydrogen-bond acceptors (Lipinski definition) is 2. The zero-order valence-corrected chi connectivity index (χ0v) is 16.4.